The molecule has 0 spiro atoms. The molecule has 0 aromatic carbocycles. The van der Waals surface area contributed by atoms with E-state index in [0.717, 1.165) is 32.7 Å². The van der Waals surface area contributed by atoms with Crippen LogP contribution in [0.4, 0.5) is 0 Å². The number of hydrogen-bond acceptors (Lipinski definition) is 5. The van der Waals surface area contributed by atoms with Crippen molar-refractivity contribution in [1.82, 2.24) is 24.1 Å². The van der Waals surface area contributed by atoms with Crippen molar-refractivity contribution < 1.29 is 8.42 Å². The number of nitrogens with one attached hydrogen (secondary N) is 1. The van der Waals surface area contributed by atoms with E-state index in [-0.39, 0.29) is 17.4 Å². The molecule has 2 saturated heterocycles. The first kappa shape index (κ1) is 19.7. The number of imidazole rings is 1. The van der Waals surface area contributed by atoms with Crippen molar-refractivity contribution in [1.29, 1.82) is 0 Å². The Bertz CT molecular complexity index is 615. The zero-order valence-corrected chi connectivity index (χ0v) is 16.1. The third-order valence-corrected chi connectivity index (χ3v) is 6.71. The van der Waals surface area contributed by atoms with Gasteiger partial charge in [0.1, 0.15) is 5.82 Å². The molecule has 24 heavy (non-hydrogen) atoms. The fraction of sp³-hybridized carbons (Fsp3) is 0.800. The summed E-state index contributed by atoms with van der Waals surface area (Å²) in [5, 5.41) is 3.61. The Kier molecular flexibility index (Phi) is 6.66. The standard InChI is InChI=1S/C15H27N5O2S.ClH/c1-13-17-15(12-18(13)2)23(21,22)20-8-6-19(7-9-20)11-14-4-3-5-16-10-14;/h12,14,16H,3-11H2,1-2H3;1H. The number of aromatic nitrogens is 2. The summed E-state index contributed by atoms with van der Waals surface area (Å²) in [6, 6.07) is 0. The van der Waals surface area contributed by atoms with Crippen molar-refractivity contribution in [2.75, 3.05) is 45.8 Å². The fourth-order valence-corrected chi connectivity index (χ4v) is 4.83. The molecule has 1 atom stereocenters. The summed E-state index contributed by atoms with van der Waals surface area (Å²) >= 11 is 0. The number of halogens is 1. The highest BCUT2D eigenvalue weighted by molar-refractivity contribution is 7.89. The molecule has 1 aromatic heterocycles. The normalized spacial score (nSPS) is 23.8. The summed E-state index contributed by atoms with van der Waals surface area (Å²) in [5.74, 6) is 1.41. The maximum absolute atomic E-state index is 12.7. The second-order valence-electron chi connectivity index (χ2n) is 6.65. The Morgan fingerprint density at radius 3 is 2.54 bits per heavy atom. The van der Waals surface area contributed by atoms with Crippen LogP contribution in [0.15, 0.2) is 11.2 Å². The van der Waals surface area contributed by atoms with Crippen LogP contribution in [-0.4, -0.2) is 73.0 Å². The molecule has 3 rings (SSSR count). The number of piperazine rings is 1. The van der Waals surface area contributed by atoms with Crippen molar-refractivity contribution in [3.05, 3.63) is 12.0 Å². The molecule has 1 N–H and O–H groups in total. The van der Waals surface area contributed by atoms with Gasteiger partial charge in [-0.15, -0.1) is 12.4 Å². The highest BCUT2D eigenvalue weighted by Crippen LogP contribution is 2.18. The van der Waals surface area contributed by atoms with Gasteiger partial charge in [-0.2, -0.15) is 4.31 Å². The molecule has 0 bridgehead atoms. The van der Waals surface area contributed by atoms with Crippen molar-refractivity contribution >= 4 is 22.4 Å². The van der Waals surface area contributed by atoms with Crippen LogP contribution < -0.4 is 5.32 Å². The summed E-state index contributed by atoms with van der Waals surface area (Å²) in [5.41, 5.74) is 0. The van der Waals surface area contributed by atoms with Crippen molar-refractivity contribution in [2.45, 2.75) is 24.8 Å². The van der Waals surface area contributed by atoms with Crippen molar-refractivity contribution in [3.63, 3.8) is 0 Å². The molecule has 1 unspecified atom stereocenters. The quantitative estimate of drug-likeness (QED) is 0.825. The smallest absolute Gasteiger partial charge is 0.262 e. The van der Waals surface area contributed by atoms with E-state index in [2.05, 4.69) is 15.2 Å². The Morgan fingerprint density at radius 1 is 1.29 bits per heavy atom. The van der Waals surface area contributed by atoms with Crippen molar-refractivity contribution in [3.8, 4) is 0 Å². The predicted molar refractivity (Wildman–Crippen MR) is 96.0 cm³/mol. The Labute approximate surface area is 150 Å². The fourth-order valence-electron chi connectivity index (χ4n) is 3.38. The number of sulfonamides is 1. The minimum absolute atomic E-state index is 0. The molecular weight excluding hydrogens is 350 g/mol. The lowest BCUT2D eigenvalue weighted by Crippen LogP contribution is -2.50. The lowest BCUT2D eigenvalue weighted by molar-refractivity contribution is 0.154. The molecule has 1 aromatic rings. The molecule has 138 valence electrons. The minimum atomic E-state index is -3.46. The molecular formula is C15H28ClN5O2S. The van der Waals surface area contributed by atoms with Gasteiger partial charge in [0.15, 0.2) is 5.03 Å². The van der Waals surface area contributed by atoms with Gasteiger partial charge in [0.25, 0.3) is 10.0 Å². The van der Waals surface area contributed by atoms with E-state index in [4.69, 9.17) is 0 Å². The van der Waals surface area contributed by atoms with Crippen LogP contribution in [0.25, 0.3) is 0 Å². The monoisotopic (exact) mass is 377 g/mol. The Balaban J connectivity index is 0.00000208. The lowest BCUT2D eigenvalue weighted by atomic mass is 9.99. The van der Waals surface area contributed by atoms with E-state index in [1.807, 2.05) is 14.0 Å². The number of rotatable bonds is 4. The SMILES string of the molecule is Cc1nc(S(=O)(=O)N2CCN(CC3CCCNC3)CC2)cn1C.Cl. The zero-order valence-electron chi connectivity index (χ0n) is 14.4. The maximum Gasteiger partial charge on any atom is 0.262 e. The van der Waals surface area contributed by atoms with Crippen molar-refractivity contribution in [2.24, 2.45) is 13.0 Å². The highest BCUT2D eigenvalue weighted by atomic mass is 35.5. The van der Waals surface area contributed by atoms with Crippen LogP contribution in [0.5, 0.6) is 0 Å². The zero-order chi connectivity index (χ0) is 16.4. The Hall–Kier alpha value is -0.670. The Morgan fingerprint density at radius 2 is 2.00 bits per heavy atom. The minimum Gasteiger partial charge on any atom is -0.337 e. The molecule has 2 fully saturated rings. The molecule has 0 amide bonds. The third kappa shape index (κ3) is 4.29. The third-order valence-electron chi connectivity index (χ3n) is 4.94. The molecule has 0 saturated carbocycles. The second kappa shape index (κ2) is 8.14. The van der Waals surface area contributed by atoms with E-state index in [1.54, 1.807) is 15.1 Å². The summed E-state index contributed by atoms with van der Waals surface area (Å²) in [7, 11) is -1.64. The first-order valence-electron chi connectivity index (χ1n) is 8.40. The first-order chi connectivity index (χ1) is 11.0. The molecule has 0 radical (unpaired) electrons. The van der Waals surface area contributed by atoms with E-state index >= 15 is 0 Å². The van der Waals surface area contributed by atoms with E-state index in [9.17, 15) is 8.42 Å². The van der Waals surface area contributed by atoms with Gasteiger partial charge in [-0.3, -0.25) is 0 Å². The second-order valence-corrected chi connectivity index (χ2v) is 8.54. The summed E-state index contributed by atoms with van der Waals surface area (Å²) in [6.07, 6.45) is 4.13. The maximum atomic E-state index is 12.7. The van der Waals surface area contributed by atoms with Gasteiger partial charge >= 0.3 is 0 Å². The van der Waals surface area contributed by atoms with Gasteiger partial charge in [0.05, 0.1) is 0 Å². The van der Waals surface area contributed by atoms with Gasteiger partial charge in [-0.25, -0.2) is 13.4 Å². The van der Waals surface area contributed by atoms with Crippen LogP contribution in [0.3, 0.4) is 0 Å². The highest BCUT2D eigenvalue weighted by Gasteiger charge is 2.31. The van der Waals surface area contributed by atoms with Gasteiger partial charge in [-0.05, 0) is 38.8 Å². The van der Waals surface area contributed by atoms with E-state index in [1.165, 1.54) is 12.8 Å². The van der Waals surface area contributed by atoms with E-state index < -0.39 is 10.0 Å². The molecule has 0 aliphatic carbocycles. The van der Waals surface area contributed by atoms with Crippen LogP contribution in [0.1, 0.15) is 18.7 Å². The number of aryl methyl sites for hydroxylation is 2. The largest absolute Gasteiger partial charge is 0.337 e. The topological polar surface area (TPSA) is 70.5 Å². The lowest BCUT2D eigenvalue weighted by Gasteiger charge is -2.36. The van der Waals surface area contributed by atoms with Gasteiger partial charge < -0.3 is 14.8 Å². The first-order valence-corrected chi connectivity index (χ1v) is 9.84. The van der Waals surface area contributed by atoms with Gasteiger partial charge in [0.2, 0.25) is 0 Å². The van der Waals surface area contributed by atoms with Crippen LogP contribution in [0.2, 0.25) is 0 Å². The van der Waals surface area contributed by atoms with Crippen LogP contribution in [-0.2, 0) is 17.1 Å². The molecule has 9 heteroatoms. The molecule has 7 nitrogen and oxygen atoms in total. The summed E-state index contributed by atoms with van der Waals surface area (Å²) < 4.78 is 28.7. The average Bonchev–Trinajstić information content (AvgIpc) is 2.89. The average molecular weight is 378 g/mol. The number of hydrogen-bond donors (Lipinski definition) is 1. The summed E-state index contributed by atoms with van der Waals surface area (Å²) in [4.78, 5) is 6.58. The van der Waals surface area contributed by atoms with Gasteiger partial charge in [-0.1, -0.05) is 0 Å². The molecule has 2 aliphatic heterocycles. The van der Waals surface area contributed by atoms with Gasteiger partial charge in [0, 0.05) is 46.0 Å². The number of nitrogens with zero attached hydrogens (tertiary/aromatic N) is 4. The molecule has 3 heterocycles. The van der Waals surface area contributed by atoms with Crippen LogP contribution >= 0.6 is 12.4 Å². The van der Waals surface area contributed by atoms with Crippen LogP contribution in [0, 0.1) is 12.8 Å². The molecule has 2 aliphatic rings. The van der Waals surface area contributed by atoms with E-state index in [0.29, 0.717) is 24.8 Å². The number of piperidine rings is 1. The summed E-state index contributed by atoms with van der Waals surface area (Å²) in [6.45, 7) is 7.83. The predicted octanol–water partition coefficient (Wildman–Crippen LogP) is 0.456.